The molecule has 0 amide bonds. The van der Waals surface area contributed by atoms with Gasteiger partial charge in [-0.05, 0) is 62.2 Å². The molecule has 2 aromatic rings. The molecular formula is C19H20FNO4S. The summed E-state index contributed by atoms with van der Waals surface area (Å²) >= 11 is 0. The van der Waals surface area contributed by atoms with Gasteiger partial charge in [-0.3, -0.25) is 9.10 Å². The Morgan fingerprint density at radius 3 is 2.58 bits per heavy atom. The van der Waals surface area contributed by atoms with Crippen molar-refractivity contribution >= 4 is 21.5 Å². The third-order valence-corrected chi connectivity index (χ3v) is 6.37. The van der Waals surface area contributed by atoms with Crippen LogP contribution in [0, 0.1) is 19.7 Å². The number of hydrogen-bond donors (Lipinski definition) is 0. The zero-order valence-electron chi connectivity index (χ0n) is 14.9. The monoisotopic (exact) mass is 377 g/mol. The van der Waals surface area contributed by atoms with E-state index in [0.717, 1.165) is 12.1 Å². The number of hydrogen-bond acceptors (Lipinski definition) is 4. The first-order valence-corrected chi connectivity index (χ1v) is 9.79. The lowest BCUT2D eigenvalue weighted by Crippen LogP contribution is -2.37. The van der Waals surface area contributed by atoms with Gasteiger partial charge in [-0.2, -0.15) is 0 Å². The quantitative estimate of drug-likeness (QED) is 0.816. The molecule has 0 saturated heterocycles. The van der Waals surface area contributed by atoms with Crippen LogP contribution in [0.5, 0.6) is 5.75 Å². The highest BCUT2D eigenvalue weighted by Crippen LogP contribution is 2.35. The first kappa shape index (κ1) is 18.4. The third kappa shape index (κ3) is 3.07. The second-order valence-corrected chi connectivity index (χ2v) is 8.06. The van der Waals surface area contributed by atoms with E-state index in [4.69, 9.17) is 4.74 Å². The molecule has 0 unspecified atom stereocenters. The average Bonchev–Trinajstić information content (AvgIpc) is 2.58. The number of sulfonamides is 1. The van der Waals surface area contributed by atoms with E-state index in [1.165, 1.54) is 10.4 Å². The number of benzene rings is 2. The molecule has 2 aromatic carbocycles. The molecule has 0 spiro atoms. The molecule has 7 heteroatoms. The maximum absolute atomic E-state index is 13.5. The normalized spacial score (nSPS) is 14.3. The maximum Gasteiger partial charge on any atom is 0.264 e. The van der Waals surface area contributed by atoms with Crippen LogP contribution < -0.4 is 9.04 Å². The highest BCUT2D eigenvalue weighted by molar-refractivity contribution is 7.93. The first-order valence-electron chi connectivity index (χ1n) is 8.35. The fourth-order valence-electron chi connectivity index (χ4n) is 3.13. The molecule has 1 heterocycles. The summed E-state index contributed by atoms with van der Waals surface area (Å²) in [6.45, 7) is 5.87. The van der Waals surface area contributed by atoms with Gasteiger partial charge in [0, 0.05) is 18.5 Å². The number of carbonyl (C=O) groups is 1. The molecule has 0 saturated carbocycles. The fourth-order valence-corrected chi connectivity index (χ4v) is 4.91. The SMILES string of the molecule is CCOc1cc(C)c(S(=O)(=O)N2CCC(=O)c3cc(F)ccc32)cc1C. The zero-order valence-corrected chi connectivity index (χ0v) is 15.7. The van der Waals surface area contributed by atoms with Crippen LogP contribution >= 0.6 is 0 Å². The predicted octanol–water partition coefficient (Wildman–Crippen LogP) is 3.62. The first-order chi connectivity index (χ1) is 12.3. The number of nitrogens with zero attached hydrogens (tertiary/aromatic N) is 1. The van der Waals surface area contributed by atoms with E-state index < -0.39 is 15.8 Å². The number of aryl methyl sites for hydroxylation is 2. The van der Waals surface area contributed by atoms with Crippen molar-refractivity contribution in [3.63, 3.8) is 0 Å². The van der Waals surface area contributed by atoms with E-state index >= 15 is 0 Å². The number of halogens is 1. The molecule has 0 aromatic heterocycles. The van der Waals surface area contributed by atoms with Gasteiger partial charge in [-0.25, -0.2) is 12.8 Å². The van der Waals surface area contributed by atoms with Gasteiger partial charge in [-0.15, -0.1) is 0 Å². The van der Waals surface area contributed by atoms with Gasteiger partial charge in [-0.1, -0.05) is 0 Å². The molecule has 5 nitrogen and oxygen atoms in total. The molecule has 1 aliphatic heterocycles. The van der Waals surface area contributed by atoms with Gasteiger partial charge >= 0.3 is 0 Å². The Balaban J connectivity index is 2.12. The maximum atomic E-state index is 13.5. The fraction of sp³-hybridized carbons (Fsp3) is 0.316. The molecule has 0 fully saturated rings. The standard InChI is InChI=1S/C19H20FNO4S/c1-4-25-18-9-13(3)19(10-12(18)2)26(23,24)21-8-7-17(22)15-11-14(20)5-6-16(15)21/h5-6,9-11H,4,7-8H2,1-3H3. The Kier molecular flexibility index (Phi) is 4.75. The highest BCUT2D eigenvalue weighted by atomic mass is 32.2. The summed E-state index contributed by atoms with van der Waals surface area (Å²) in [6, 6.07) is 6.88. The summed E-state index contributed by atoms with van der Waals surface area (Å²) in [7, 11) is -3.89. The van der Waals surface area contributed by atoms with Gasteiger partial charge < -0.3 is 4.74 Å². The Hall–Kier alpha value is -2.41. The average molecular weight is 377 g/mol. The Morgan fingerprint density at radius 2 is 1.88 bits per heavy atom. The van der Waals surface area contributed by atoms with Gasteiger partial charge in [0.05, 0.1) is 17.2 Å². The summed E-state index contributed by atoms with van der Waals surface area (Å²) in [6.07, 6.45) is 0.0186. The van der Waals surface area contributed by atoms with Crippen LogP contribution in [-0.4, -0.2) is 27.4 Å². The van der Waals surface area contributed by atoms with Crippen molar-refractivity contribution in [1.82, 2.24) is 0 Å². The minimum atomic E-state index is -3.89. The van der Waals surface area contributed by atoms with Crippen LogP contribution in [0.2, 0.25) is 0 Å². The minimum Gasteiger partial charge on any atom is -0.494 e. The van der Waals surface area contributed by atoms with E-state index in [2.05, 4.69) is 0 Å². The lowest BCUT2D eigenvalue weighted by atomic mass is 10.0. The zero-order chi connectivity index (χ0) is 19.1. The molecule has 0 aliphatic carbocycles. The summed E-state index contributed by atoms with van der Waals surface area (Å²) in [5.74, 6) is -0.185. The summed E-state index contributed by atoms with van der Waals surface area (Å²) < 4.78 is 46.7. The van der Waals surface area contributed by atoms with Crippen molar-refractivity contribution in [3.8, 4) is 5.75 Å². The van der Waals surface area contributed by atoms with Crippen molar-refractivity contribution in [1.29, 1.82) is 0 Å². The minimum absolute atomic E-state index is 0.0186. The summed E-state index contributed by atoms with van der Waals surface area (Å²) in [5.41, 5.74) is 1.58. The Labute approximate surface area is 152 Å². The van der Waals surface area contributed by atoms with Crippen LogP contribution in [0.1, 0.15) is 34.8 Å². The summed E-state index contributed by atoms with van der Waals surface area (Å²) in [4.78, 5) is 12.2. The highest BCUT2D eigenvalue weighted by Gasteiger charge is 2.33. The number of ketones is 1. The topological polar surface area (TPSA) is 63.7 Å². The number of anilines is 1. The van der Waals surface area contributed by atoms with Crippen LogP contribution in [0.25, 0.3) is 0 Å². The second kappa shape index (κ2) is 6.72. The van der Waals surface area contributed by atoms with E-state index in [1.54, 1.807) is 26.0 Å². The van der Waals surface area contributed by atoms with E-state index in [1.807, 2.05) is 6.92 Å². The third-order valence-electron chi connectivity index (χ3n) is 4.41. The van der Waals surface area contributed by atoms with Gasteiger partial charge in [0.25, 0.3) is 10.0 Å². The smallest absolute Gasteiger partial charge is 0.264 e. The number of ether oxygens (including phenoxy) is 1. The van der Waals surface area contributed by atoms with E-state index in [-0.39, 0.29) is 34.9 Å². The molecule has 3 rings (SSSR count). The van der Waals surface area contributed by atoms with Crippen LogP contribution in [0.15, 0.2) is 35.2 Å². The van der Waals surface area contributed by atoms with Crippen LogP contribution in [0.3, 0.4) is 0 Å². The van der Waals surface area contributed by atoms with Crippen LogP contribution in [-0.2, 0) is 10.0 Å². The second-order valence-electron chi connectivity index (χ2n) is 6.23. The lowest BCUT2D eigenvalue weighted by molar-refractivity contribution is 0.0981. The lowest BCUT2D eigenvalue weighted by Gasteiger charge is -2.30. The molecule has 0 N–H and O–H groups in total. The van der Waals surface area contributed by atoms with Crippen LogP contribution in [0.4, 0.5) is 10.1 Å². The molecule has 138 valence electrons. The van der Waals surface area contributed by atoms with Crippen molar-refractivity contribution in [2.45, 2.75) is 32.1 Å². The van der Waals surface area contributed by atoms with Crippen molar-refractivity contribution in [2.75, 3.05) is 17.5 Å². The van der Waals surface area contributed by atoms with Crippen molar-refractivity contribution in [2.24, 2.45) is 0 Å². The summed E-state index contributed by atoms with van der Waals surface area (Å²) in [5, 5.41) is 0. The Bertz CT molecular complexity index is 985. The van der Waals surface area contributed by atoms with E-state index in [9.17, 15) is 17.6 Å². The molecule has 0 atom stereocenters. The molecule has 0 bridgehead atoms. The molecule has 26 heavy (non-hydrogen) atoms. The largest absolute Gasteiger partial charge is 0.494 e. The van der Waals surface area contributed by atoms with Gasteiger partial charge in [0.1, 0.15) is 11.6 Å². The number of carbonyl (C=O) groups excluding carboxylic acids is 1. The number of Topliss-reactive ketones (excluding diaryl/α,β-unsaturated/α-hetero) is 1. The number of fused-ring (bicyclic) bond motifs is 1. The predicted molar refractivity (Wildman–Crippen MR) is 97.0 cm³/mol. The molecule has 1 aliphatic rings. The van der Waals surface area contributed by atoms with Crippen molar-refractivity contribution < 1.29 is 22.3 Å². The molecular weight excluding hydrogens is 357 g/mol. The van der Waals surface area contributed by atoms with Crippen molar-refractivity contribution in [3.05, 3.63) is 52.8 Å². The van der Waals surface area contributed by atoms with Gasteiger partial charge in [0.15, 0.2) is 5.78 Å². The van der Waals surface area contributed by atoms with Gasteiger partial charge in [0.2, 0.25) is 0 Å². The Morgan fingerprint density at radius 1 is 1.15 bits per heavy atom. The van der Waals surface area contributed by atoms with E-state index in [0.29, 0.717) is 23.5 Å². The molecule has 0 radical (unpaired) electrons. The number of rotatable bonds is 4.